The van der Waals surface area contributed by atoms with E-state index in [9.17, 15) is 4.79 Å². The fraction of sp³-hybridized carbons (Fsp3) is 0.400. The largest absolute Gasteiger partial charge is 0.490 e. The van der Waals surface area contributed by atoms with Crippen LogP contribution < -0.4 is 25.0 Å². The highest BCUT2D eigenvalue weighted by Gasteiger charge is 2.16. The third-order valence-corrected chi connectivity index (χ3v) is 4.62. The smallest absolute Gasteiger partial charge is 0.319 e. The lowest BCUT2D eigenvalue weighted by molar-refractivity contribution is 0.122. The van der Waals surface area contributed by atoms with Crippen LogP contribution in [-0.4, -0.2) is 50.5 Å². The van der Waals surface area contributed by atoms with E-state index in [2.05, 4.69) is 20.5 Å². The molecule has 2 aliphatic heterocycles. The molecule has 0 unspecified atom stereocenters. The summed E-state index contributed by atoms with van der Waals surface area (Å²) in [5.41, 5.74) is 1.62. The number of carbonyl (C=O) groups excluding carboxylic acids is 1. The van der Waals surface area contributed by atoms with E-state index in [4.69, 9.17) is 14.2 Å². The summed E-state index contributed by atoms with van der Waals surface area (Å²) in [6.45, 7) is 4.60. The van der Waals surface area contributed by atoms with Crippen LogP contribution in [0.5, 0.6) is 11.5 Å². The summed E-state index contributed by atoms with van der Waals surface area (Å²) in [4.78, 5) is 19.0. The Labute approximate surface area is 163 Å². The van der Waals surface area contributed by atoms with Crippen LogP contribution >= 0.6 is 0 Å². The van der Waals surface area contributed by atoms with E-state index in [1.165, 1.54) is 0 Å². The van der Waals surface area contributed by atoms with Crippen molar-refractivity contribution in [3.63, 3.8) is 0 Å². The van der Waals surface area contributed by atoms with Gasteiger partial charge in [-0.3, -0.25) is 0 Å². The number of rotatable bonds is 4. The Morgan fingerprint density at radius 2 is 1.89 bits per heavy atom. The van der Waals surface area contributed by atoms with Gasteiger partial charge >= 0.3 is 6.03 Å². The van der Waals surface area contributed by atoms with Crippen molar-refractivity contribution in [3.05, 3.63) is 42.1 Å². The number of anilines is 2. The third-order valence-electron chi connectivity index (χ3n) is 4.62. The molecular weight excluding hydrogens is 360 g/mol. The number of benzene rings is 1. The predicted octanol–water partition coefficient (Wildman–Crippen LogP) is 2.40. The fourth-order valence-corrected chi connectivity index (χ4v) is 3.22. The van der Waals surface area contributed by atoms with E-state index in [0.29, 0.717) is 50.2 Å². The van der Waals surface area contributed by atoms with Crippen molar-refractivity contribution in [2.45, 2.75) is 13.0 Å². The van der Waals surface area contributed by atoms with Gasteiger partial charge in [0.05, 0.1) is 26.4 Å². The molecule has 1 saturated heterocycles. The van der Waals surface area contributed by atoms with E-state index in [0.717, 1.165) is 30.9 Å². The number of aromatic nitrogens is 1. The number of ether oxygens (including phenoxy) is 3. The fourth-order valence-electron chi connectivity index (χ4n) is 3.22. The lowest BCUT2D eigenvalue weighted by atomic mass is 10.2. The van der Waals surface area contributed by atoms with Gasteiger partial charge in [0.2, 0.25) is 0 Å². The van der Waals surface area contributed by atoms with Crippen molar-refractivity contribution in [2.75, 3.05) is 49.7 Å². The van der Waals surface area contributed by atoms with Gasteiger partial charge in [-0.1, -0.05) is 6.07 Å². The minimum absolute atomic E-state index is 0.286. The van der Waals surface area contributed by atoms with E-state index in [1.807, 2.05) is 18.2 Å². The average molecular weight is 384 g/mol. The van der Waals surface area contributed by atoms with Gasteiger partial charge in [-0.2, -0.15) is 0 Å². The number of urea groups is 1. The van der Waals surface area contributed by atoms with Crippen molar-refractivity contribution in [3.8, 4) is 11.5 Å². The molecule has 0 spiro atoms. The molecule has 1 aromatic heterocycles. The van der Waals surface area contributed by atoms with Gasteiger partial charge in [0.1, 0.15) is 5.82 Å². The average Bonchev–Trinajstić information content (AvgIpc) is 2.98. The second-order valence-corrected chi connectivity index (χ2v) is 6.61. The molecule has 0 atom stereocenters. The second kappa shape index (κ2) is 8.79. The van der Waals surface area contributed by atoms with Crippen molar-refractivity contribution < 1.29 is 19.0 Å². The summed E-state index contributed by atoms with van der Waals surface area (Å²) in [5.74, 6) is 2.24. The van der Waals surface area contributed by atoms with Gasteiger partial charge in [-0.25, -0.2) is 9.78 Å². The zero-order valence-corrected chi connectivity index (χ0v) is 15.6. The molecule has 0 bridgehead atoms. The van der Waals surface area contributed by atoms with Gasteiger partial charge in [0, 0.05) is 49.6 Å². The summed E-state index contributed by atoms with van der Waals surface area (Å²) in [5, 5.41) is 5.74. The van der Waals surface area contributed by atoms with Crippen LogP contribution in [0.2, 0.25) is 0 Å². The summed E-state index contributed by atoms with van der Waals surface area (Å²) in [7, 11) is 0. The van der Waals surface area contributed by atoms with Gasteiger partial charge in [-0.05, 0) is 18.2 Å². The van der Waals surface area contributed by atoms with E-state index in [-0.39, 0.29) is 6.03 Å². The van der Waals surface area contributed by atoms with Crippen molar-refractivity contribution in [2.24, 2.45) is 0 Å². The standard InChI is InChI=1S/C20H24N4O4/c25-20(23-16-4-5-17-18(13-16)28-10-2-9-27-17)22-14-15-3-1-6-21-19(15)24-7-11-26-12-8-24/h1,3-6,13H,2,7-12,14H2,(H2,22,23,25). The van der Waals surface area contributed by atoms with Crippen molar-refractivity contribution >= 4 is 17.5 Å². The Balaban J connectivity index is 1.37. The molecule has 0 radical (unpaired) electrons. The molecule has 2 N–H and O–H groups in total. The number of nitrogens with zero attached hydrogens (tertiary/aromatic N) is 2. The Kier molecular flexibility index (Phi) is 5.77. The van der Waals surface area contributed by atoms with E-state index in [1.54, 1.807) is 18.3 Å². The number of carbonyl (C=O) groups is 1. The first-order valence-corrected chi connectivity index (χ1v) is 9.51. The molecule has 2 aromatic rings. The van der Waals surface area contributed by atoms with Crippen LogP contribution in [0.1, 0.15) is 12.0 Å². The molecular formula is C20H24N4O4. The molecule has 1 fully saturated rings. The molecule has 3 heterocycles. The maximum absolute atomic E-state index is 12.4. The van der Waals surface area contributed by atoms with Crippen LogP contribution in [0, 0.1) is 0 Å². The Bertz CT molecular complexity index is 824. The number of nitrogens with one attached hydrogen (secondary N) is 2. The predicted molar refractivity (Wildman–Crippen MR) is 105 cm³/mol. The first-order chi connectivity index (χ1) is 13.8. The molecule has 4 rings (SSSR count). The highest BCUT2D eigenvalue weighted by Crippen LogP contribution is 2.32. The topological polar surface area (TPSA) is 85.0 Å². The van der Waals surface area contributed by atoms with Crippen LogP contribution in [0.25, 0.3) is 0 Å². The summed E-state index contributed by atoms with van der Waals surface area (Å²) in [6.07, 6.45) is 2.61. The monoisotopic (exact) mass is 384 g/mol. The van der Waals surface area contributed by atoms with Crippen LogP contribution in [0.15, 0.2) is 36.5 Å². The van der Waals surface area contributed by atoms with Gasteiger partial charge < -0.3 is 29.7 Å². The molecule has 2 amide bonds. The minimum atomic E-state index is -0.286. The first kappa shape index (κ1) is 18.4. The van der Waals surface area contributed by atoms with E-state index < -0.39 is 0 Å². The molecule has 8 heteroatoms. The zero-order valence-electron chi connectivity index (χ0n) is 15.6. The lowest BCUT2D eigenvalue weighted by Crippen LogP contribution is -2.38. The van der Waals surface area contributed by atoms with Crippen LogP contribution in [0.3, 0.4) is 0 Å². The lowest BCUT2D eigenvalue weighted by Gasteiger charge is -2.29. The van der Waals surface area contributed by atoms with Crippen LogP contribution in [-0.2, 0) is 11.3 Å². The van der Waals surface area contributed by atoms with Gasteiger partial charge in [-0.15, -0.1) is 0 Å². The second-order valence-electron chi connectivity index (χ2n) is 6.61. The van der Waals surface area contributed by atoms with Crippen molar-refractivity contribution in [1.29, 1.82) is 0 Å². The molecule has 1 aromatic carbocycles. The number of hydrogen-bond acceptors (Lipinski definition) is 6. The minimum Gasteiger partial charge on any atom is -0.490 e. The van der Waals surface area contributed by atoms with Gasteiger partial charge in [0.25, 0.3) is 0 Å². The highest BCUT2D eigenvalue weighted by atomic mass is 16.5. The molecule has 2 aliphatic rings. The number of hydrogen-bond donors (Lipinski definition) is 2. The summed E-state index contributed by atoms with van der Waals surface area (Å²) in [6, 6.07) is 8.97. The normalized spacial score (nSPS) is 16.2. The molecule has 0 saturated carbocycles. The molecule has 8 nitrogen and oxygen atoms in total. The van der Waals surface area contributed by atoms with Gasteiger partial charge in [0.15, 0.2) is 11.5 Å². The quantitative estimate of drug-likeness (QED) is 0.842. The molecule has 148 valence electrons. The highest BCUT2D eigenvalue weighted by molar-refractivity contribution is 5.89. The maximum atomic E-state index is 12.4. The molecule has 28 heavy (non-hydrogen) atoms. The SMILES string of the molecule is O=C(NCc1cccnc1N1CCOCC1)Nc1ccc2c(c1)OCCCO2. The zero-order chi connectivity index (χ0) is 19.2. The summed E-state index contributed by atoms with van der Waals surface area (Å²) < 4.78 is 16.7. The number of amides is 2. The van der Waals surface area contributed by atoms with Crippen LogP contribution in [0.4, 0.5) is 16.3 Å². The first-order valence-electron chi connectivity index (χ1n) is 9.51. The third kappa shape index (κ3) is 4.45. The van der Waals surface area contributed by atoms with Crippen molar-refractivity contribution in [1.82, 2.24) is 10.3 Å². The Morgan fingerprint density at radius 1 is 1.07 bits per heavy atom. The number of fused-ring (bicyclic) bond motifs is 1. The summed E-state index contributed by atoms with van der Waals surface area (Å²) >= 11 is 0. The Morgan fingerprint density at radius 3 is 2.75 bits per heavy atom. The Hall–Kier alpha value is -3.00. The molecule has 0 aliphatic carbocycles. The van der Waals surface area contributed by atoms with E-state index >= 15 is 0 Å². The number of morpholine rings is 1. The number of pyridine rings is 1. The maximum Gasteiger partial charge on any atom is 0.319 e.